The highest BCUT2D eigenvalue weighted by molar-refractivity contribution is 9.09. The molecule has 0 aromatic heterocycles. The topological polar surface area (TPSA) is 17.1 Å². The van der Waals surface area contributed by atoms with Gasteiger partial charge >= 0.3 is 0 Å². The molecule has 0 N–H and O–H groups in total. The molecule has 0 fully saturated rings. The molecule has 0 unspecified atom stereocenters. The fraction of sp³-hybridized carbons (Fsp3) is 0.250. The number of carbonyl (C=O) groups is 1. The molecule has 1 nitrogen and oxygen atoms in total. The van der Waals surface area contributed by atoms with Gasteiger partial charge in [0.2, 0.25) is 0 Å². The molecule has 0 aliphatic carbocycles. The molecule has 0 rings (SSSR count). The van der Waals surface area contributed by atoms with E-state index in [0.29, 0.717) is 10.9 Å². The quantitative estimate of drug-likeness (QED) is 0.326. The molecule has 0 aromatic carbocycles. The van der Waals surface area contributed by atoms with Gasteiger partial charge in [-0.1, -0.05) is 22.5 Å². The number of hydrogen-bond acceptors (Lipinski definition) is 1. The molecule has 0 aliphatic rings. The number of carbonyl (C=O) groups excluding carboxylic acids is 1. The van der Waals surface area contributed by atoms with Crippen LogP contribution in [0.1, 0.15) is 0 Å². The summed E-state index contributed by atoms with van der Waals surface area (Å²) in [5, 5.41) is 0.580. The molecular formula is C4H5BrO. The Bertz CT molecular complexity index is 67.9. The highest BCUT2D eigenvalue weighted by Gasteiger charge is 1.79. The molecule has 0 atom stereocenters. The fourth-order valence-electron chi connectivity index (χ4n) is 0.0315. The number of alkyl halides is 1. The van der Waals surface area contributed by atoms with Gasteiger partial charge in [-0.05, 0) is 5.57 Å². The first-order valence-corrected chi connectivity index (χ1v) is 2.62. The second kappa shape index (κ2) is 3.09. The van der Waals surface area contributed by atoms with Crippen LogP contribution >= 0.6 is 15.9 Å². The van der Waals surface area contributed by atoms with Crippen LogP contribution in [0.25, 0.3) is 0 Å². The summed E-state index contributed by atoms with van der Waals surface area (Å²) in [4.78, 5) is 9.61. The summed E-state index contributed by atoms with van der Waals surface area (Å²) in [5.41, 5.74) is 0.579. The molecule has 6 heavy (non-hydrogen) atoms. The predicted molar refractivity (Wildman–Crippen MR) is 29.0 cm³/mol. The zero-order valence-corrected chi connectivity index (χ0v) is 4.86. The van der Waals surface area contributed by atoms with Crippen LogP contribution in [0.15, 0.2) is 12.2 Å². The average molecular weight is 149 g/mol. The third kappa shape index (κ3) is 2.15. The van der Waals surface area contributed by atoms with E-state index in [4.69, 9.17) is 0 Å². The molecule has 0 spiro atoms. The van der Waals surface area contributed by atoms with Crippen LogP contribution in [0.3, 0.4) is 0 Å². The summed E-state index contributed by atoms with van der Waals surface area (Å²) < 4.78 is 0. The molecule has 0 saturated heterocycles. The lowest BCUT2D eigenvalue weighted by Gasteiger charge is -1.77. The van der Waals surface area contributed by atoms with Crippen molar-refractivity contribution in [2.75, 3.05) is 5.33 Å². The Hall–Kier alpha value is -0.110. The highest BCUT2D eigenvalue weighted by atomic mass is 79.9. The molecule has 0 aromatic rings. The summed E-state index contributed by atoms with van der Waals surface area (Å²) in [6, 6.07) is 0. The zero-order valence-electron chi connectivity index (χ0n) is 3.28. The molecule has 0 saturated carbocycles. The van der Waals surface area contributed by atoms with Crippen molar-refractivity contribution in [3.8, 4) is 0 Å². The van der Waals surface area contributed by atoms with E-state index in [1.54, 1.807) is 0 Å². The molecule has 2 heteroatoms. The summed E-state index contributed by atoms with van der Waals surface area (Å²) in [6.45, 7) is 3.38. The van der Waals surface area contributed by atoms with Crippen molar-refractivity contribution in [3.05, 3.63) is 12.2 Å². The van der Waals surface area contributed by atoms with Crippen molar-refractivity contribution in [1.82, 2.24) is 0 Å². The van der Waals surface area contributed by atoms with Gasteiger partial charge in [-0.15, -0.1) is 0 Å². The Morgan fingerprint density at radius 3 is 2.50 bits per heavy atom. The van der Waals surface area contributed by atoms with Crippen molar-refractivity contribution >= 4 is 22.2 Å². The largest absolute Gasteiger partial charge is 0.298 e. The molecule has 0 bridgehead atoms. The maximum absolute atomic E-state index is 9.61. The minimum absolute atomic E-state index is 0.579. The van der Waals surface area contributed by atoms with Crippen molar-refractivity contribution in [1.29, 1.82) is 0 Å². The van der Waals surface area contributed by atoms with Crippen molar-refractivity contribution in [2.45, 2.75) is 0 Å². The van der Waals surface area contributed by atoms with E-state index in [9.17, 15) is 4.79 Å². The Morgan fingerprint density at radius 1 is 2.00 bits per heavy atom. The van der Waals surface area contributed by atoms with Gasteiger partial charge in [-0.25, -0.2) is 0 Å². The Balaban J connectivity index is 3.23. The van der Waals surface area contributed by atoms with Crippen molar-refractivity contribution in [3.63, 3.8) is 0 Å². The number of rotatable bonds is 2. The van der Waals surface area contributed by atoms with E-state index in [1.807, 2.05) is 0 Å². The first-order chi connectivity index (χ1) is 2.81. The van der Waals surface area contributed by atoms with Crippen LogP contribution in [0, 0.1) is 0 Å². The first-order valence-electron chi connectivity index (χ1n) is 1.50. The zero-order chi connectivity index (χ0) is 4.99. The maximum atomic E-state index is 9.61. The first kappa shape index (κ1) is 5.89. The van der Waals surface area contributed by atoms with Gasteiger partial charge in [0, 0.05) is 5.33 Å². The van der Waals surface area contributed by atoms with Gasteiger partial charge < -0.3 is 0 Å². The van der Waals surface area contributed by atoms with Crippen LogP contribution in [-0.4, -0.2) is 11.6 Å². The Morgan fingerprint density at radius 2 is 2.50 bits per heavy atom. The lowest BCUT2D eigenvalue weighted by atomic mass is 10.4. The van der Waals surface area contributed by atoms with Gasteiger partial charge in [-0.3, -0.25) is 4.79 Å². The monoisotopic (exact) mass is 148 g/mol. The highest BCUT2D eigenvalue weighted by Crippen LogP contribution is 1.88. The van der Waals surface area contributed by atoms with E-state index in [1.165, 1.54) is 0 Å². The third-order valence-electron chi connectivity index (χ3n) is 0.338. The van der Waals surface area contributed by atoms with Gasteiger partial charge in [0.05, 0.1) is 0 Å². The minimum atomic E-state index is 0.579. The average Bonchev–Trinajstić information content (AvgIpc) is 1.65. The maximum Gasteiger partial charge on any atom is 0.146 e. The number of allylic oxidation sites excluding steroid dienone is 1. The van der Waals surface area contributed by atoms with Gasteiger partial charge in [-0.2, -0.15) is 0 Å². The summed E-state index contributed by atoms with van der Waals surface area (Å²) >= 11 is 3.04. The third-order valence-corrected chi connectivity index (χ3v) is 1.06. The van der Waals surface area contributed by atoms with Crippen molar-refractivity contribution in [2.24, 2.45) is 0 Å². The van der Waals surface area contributed by atoms with E-state index in [0.717, 1.165) is 6.29 Å². The van der Waals surface area contributed by atoms with E-state index in [-0.39, 0.29) is 0 Å². The van der Waals surface area contributed by atoms with Gasteiger partial charge in [0.1, 0.15) is 6.29 Å². The normalized spacial score (nSPS) is 7.50. The van der Waals surface area contributed by atoms with Crippen LogP contribution in [0.5, 0.6) is 0 Å². The molecule has 0 amide bonds. The predicted octanol–water partition coefficient (Wildman–Crippen LogP) is 1.14. The lowest BCUT2D eigenvalue weighted by molar-refractivity contribution is -0.104. The number of halogens is 1. The van der Waals surface area contributed by atoms with E-state index < -0.39 is 0 Å². The van der Waals surface area contributed by atoms with Gasteiger partial charge in [0.15, 0.2) is 0 Å². The molecule has 34 valence electrons. The smallest absolute Gasteiger partial charge is 0.146 e. The fourth-order valence-corrected chi connectivity index (χ4v) is 0.164. The van der Waals surface area contributed by atoms with Crippen LogP contribution < -0.4 is 0 Å². The van der Waals surface area contributed by atoms with Crippen molar-refractivity contribution < 1.29 is 4.79 Å². The Labute approximate surface area is 45.2 Å². The van der Waals surface area contributed by atoms with Crippen LogP contribution in [0.4, 0.5) is 0 Å². The molecule has 0 aliphatic heterocycles. The molecular weight excluding hydrogens is 144 g/mol. The lowest BCUT2D eigenvalue weighted by Crippen LogP contribution is -1.78. The summed E-state index contributed by atoms with van der Waals surface area (Å²) in [7, 11) is 0. The SMILES string of the molecule is C=C(C=O)CBr. The summed E-state index contributed by atoms with van der Waals surface area (Å²) in [6.07, 6.45) is 0.731. The standard InChI is InChI=1S/C4H5BrO/c1-4(2-5)3-6/h3H,1-2H2. The van der Waals surface area contributed by atoms with E-state index >= 15 is 0 Å². The van der Waals surface area contributed by atoms with Crippen LogP contribution in [0.2, 0.25) is 0 Å². The Kier molecular flexibility index (Phi) is 3.04. The number of hydrogen-bond donors (Lipinski definition) is 0. The van der Waals surface area contributed by atoms with E-state index in [2.05, 4.69) is 22.5 Å². The second-order valence-electron chi connectivity index (χ2n) is 0.910. The minimum Gasteiger partial charge on any atom is -0.298 e. The number of aldehydes is 1. The van der Waals surface area contributed by atoms with Gasteiger partial charge in [0.25, 0.3) is 0 Å². The molecule has 0 heterocycles. The van der Waals surface area contributed by atoms with Crippen LogP contribution in [-0.2, 0) is 4.79 Å². The molecule has 0 radical (unpaired) electrons. The second-order valence-corrected chi connectivity index (χ2v) is 1.47. The summed E-state index contributed by atoms with van der Waals surface area (Å²) in [5.74, 6) is 0.